The fourth-order valence-electron chi connectivity index (χ4n) is 1.45. The van der Waals surface area contributed by atoms with Crippen LogP contribution in [-0.2, 0) is 4.74 Å². The lowest BCUT2D eigenvalue weighted by Crippen LogP contribution is -2.14. The predicted octanol–water partition coefficient (Wildman–Crippen LogP) is 2.78. The quantitative estimate of drug-likeness (QED) is 0.648. The van der Waals surface area contributed by atoms with Gasteiger partial charge in [0.15, 0.2) is 0 Å². The summed E-state index contributed by atoms with van der Waals surface area (Å²) in [5, 5.41) is 13.2. The highest BCUT2D eigenvalue weighted by Gasteiger charge is 2.15. The van der Waals surface area contributed by atoms with E-state index in [4.69, 9.17) is 4.74 Å². The summed E-state index contributed by atoms with van der Waals surface area (Å²) < 4.78 is 4.71. The Morgan fingerprint density at radius 3 is 2.59 bits per heavy atom. The van der Waals surface area contributed by atoms with Gasteiger partial charge in [-0.05, 0) is 32.4 Å². The van der Waals surface area contributed by atoms with Crippen LogP contribution in [0.25, 0.3) is 0 Å². The molecule has 6 heteroatoms. The van der Waals surface area contributed by atoms with Crippen LogP contribution < -0.4 is 5.32 Å². The Hall–Kier alpha value is -2.11. The third-order valence-electron chi connectivity index (χ3n) is 2.25. The number of nitro benzene ring substituents is 1. The standard InChI is InChI=1S/C11H14N2O4/c1-4-17-11(14)12-9-6-10(13(15)16)8(3)5-7(9)2/h5-6H,4H2,1-3H3,(H,12,14). The molecule has 0 saturated heterocycles. The molecule has 1 aromatic rings. The number of hydrogen-bond donors (Lipinski definition) is 1. The lowest BCUT2D eigenvalue weighted by molar-refractivity contribution is -0.385. The van der Waals surface area contributed by atoms with Crippen molar-refractivity contribution in [1.82, 2.24) is 0 Å². The second-order valence-corrected chi connectivity index (χ2v) is 3.56. The molecular formula is C11H14N2O4. The number of carbonyl (C=O) groups excluding carboxylic acids is 1. The molecule has 0 unspecified atom stereocenters. The van der Waals surface area contributed by atoms with Gasteiger partial charge in [-0.2, -0.15) is 0 Å². The summed E-state index contributed by atoms with van der Waals surface area (Å²) >= 11 is 0. The lowest BCUT2D eigenvalue weighted by Gasteiger charge is -2.09. The molecule has 0 heterocycles. The van der Waals surface area contributed by atoms with Crippen LogP contribution in [0.15, 0.2) is 12.1 Å². The zero-order valence-electron chi connectivity index (χ0n) is 9.94. The number of nitrogens with one attached hydrogen (secondary N) is 1. The number of anilines is 1. The van der Waals surface area contributed by atoms with E-state index in [1.165, 1.54) is 6.07 Å². The molecule has 0 radical (unpaired) electrons. The number of ether oxygens (including phenoxy) is 1. The van der Waals surface area contributed by atoms with Crippen LogP contribution in [0.5, 0.6) is 0 Å². The van der Waals surface area contributed by atoms with Crippen molar-refractivity contribution < 1.29 is 14.5 Å². The molecule has 0 bridgehead atoms. The molecule has 0 aliphatic heterocycles. The Bertz CT molecular complexity index is 457. The van der Waals surface area contributed by atoms with Gasteiger partial charge in [0.25, 0.3) is 5.69 Å². The SMILES string of the molecule is CCOC(=O)Nc1cc([N+](=O)[O-])c(C)cc1C. The molecule has 17 heavy (non-hydrogen) atoms. The monoisotopic (exact) mass is 238 g/mol. The molecule has 1 N–H and O–H groups in total. The Kier molecular flexibility index (Phi) is 4.03. The first kappa shape index (κ1) is 13.0. The molecule has 6 nitrogen and oxygen atoms in total. The Morgan fingerprint density at radius 1 is 1.41 bits per heavy atom. The topological polar surface area (TPSA) is 81.5 Å². The summed E-state index contributed by atoms with van der Waals surface area (Å²) in [6, 6.07) is 2.99. The molecule has 0 atom stereocenters. The van der Waals surface area contributed by atoms with Gasteiger partial charge in [-0.25, -0.2) is 4.79 Å². The molecule has 92 valence electrons. The summed E-state index contributed by atoms with van der Waals surface area (Å²) in [5.74, 6) is 0. The van der Waals surface area contributed by atoms with Crippen LogP contribution in [0.3, 0.4) is 0 Å². The third kappa shape index (κ3) is 3.17. The number of nitrogens with zero attached hydrogens (tertiary/aromatic N) is 1. The zero-order valence-corrected chi connectivity index (χ0v) is 9.94. The van der Waals surface area contributed by atoms with E-state index in [-0.39, 0.29) is 12.3 Å². The van der Waals surface area contributed by atoms with E-state index in [0.29, 0.717) is 11.3 Å². The van der Waals surface area contributed by atoms with Gasteiger partial charge in [-0.1, -0.05) is 0 Å². The number of nitro groups is 1. The second kappa shape index (κ2) is 5.29. The first-order valence-corrected chi connectivity index (χ1v) is 5.15. The number of carbonyl (C=O) groups is 1. The summed E-state index contributed by atoms with van der Waals surface area (Å²) in [7, 11) is 0. The summed E-state index contributed by atoms with van der Waals surface area (Å²) in [4.78, 5) is 21.5. The first-order chi connectivity index (χ1) is 7.95. The van der Waals surface area contributed by atoms with Crippen LogP contribution in [0.1, 0.15) is 18.1 Å². The highest BCUT2D eigenvalue weighted by Crippen LogP contribution is 2.26. The average Bonchev–Trinajstić information content (AvgIpc) is 2.21. The van der Waals surface area contributed by atoms with Gasteiger partial charge in [-0.3, -0.25) is 15.4 Å². The first-order valence-electron chi connectivity index (χ1n) is 5.15. The number of aryl methyl sites for hydroxylation is 2. The zero-order chi connectivity index (χ0) is 13.0. The third-order valence-corrected chi connectivity index (χ3v) is 2.25. The maximum atomic E-state index is 11.2. The van der Waals surface area contributed by atoms with E-state index in [0.717, 1.165) is 5.56 Å². The van der Waals surface area contributed by atoms with E-state index in [2.05, 4.69) is 5.32 Å². The molecule has 0 aromatic heterocycles. The van der Waals surface area contributed by atoms with Gasteiger partial charge >= 0.3 is 6.09 Å². The van der Waals surface area contributed by atoms with Gasteiger partial charge < -0.3 is 4.74 Å². The van der Waals surface area contributed by atoms with Crippen molar-refractivity contribution in [2.45, 2.75) is 20.8 Å². The number of amides is 1. The Morgan fingerprint density at radius 2 is 2.06 bits per heavy atom. The highest BCUT2D eigenvalue weighted by atomic mass is 16.6. The molecule has 0 aliphatic carbocycles. The van der Waals surface area contributed by atoms with Gasteiger partial charge in [-0.15, -0.1) is 0 Å². The normalized spacial score (nSPS) is 9.82. The summed E-state index contributed by atoms with van der Waals surface area (Å²) in [5.41, 5.74) is 1.67. The minimum Gasteiger partial charge on any atom is -0.450 e. The van der Waals surface area contributed by atoms with E-state index in [1.54, 1.807) is 26.8 Å². The van der Waals surface area contributed by atoms with Gasteiger partial charge in [0, 0.05) is 11.6 Å². The maximum absolute atomic E-state index is 11.2. The number of hydrogen-bond acceptors (Lipinski definition) is 4. The van der Waals surface area contributed by atoms with Crippen LogP contribution in [0, 0.1) is 24.0 Å². The smallest absolute Gasteiger partial charge is 0.411 e. The van der Waals surface area contributed by atoms with Crippen LogP contribution in [0.4, 0.5) is 16.2 Å². The molecule has 0 spiro atoms. The van der Waals surface area contributed by atoms with Gasteiger partial charge in [0.2, 0.25) is 0 Å². The summed E-state index contributed by atoms with van der Waals surface area (Å²) in [6.45, 7) is 5.35. The largest absolute Gasteiger partial charge is 0.450 e. The van der Waals surface area contributed by atoms with Crippen molar-refractivity contribution in [3.8, 4) is 0 Å². The lowest BCUT2D eigenvalue weighted by atomic mass is 10.1. The Balaban J connectivity index is 3.03. The fraction of sp³-hybridized carbons (Fsp3) is 0.364. The molecular weight excluding hydrogens is 224 g/mol. The second-order valence-electron chi connectivity index (χ2n) is 3.56. The van der Waals surface area contributed by atoms with E-state index < -0.39 is 11.0 Å². The van der Waals surface area contributed by atoms with Crippen molar-refractivity contribution in [2.24, 2.45) is 0 Å². The predicted molar refractivity (Wildman–Crippen MR) is 63.2 cm³/mol. The van der Waals surface area contributed by atoms with E-state index in [1.807, 2.05) is 0 Å². The Labute approximate surface area is 98.7 Å². The molecule has 0 aliphatic rings. The molecule has 1 amide bonds. The molecule has 0 fully saturated rings. The minimum absolute atomic E-state index is 0.0256. The summed E-state index contributed by atoms with van der Waals surface area (Å²) in [6.07, 6.45) is -0.617. The van der Waals surface area contributed by atoms with Crippen molar-refractivity contribution in [3.05, 3.63) is 33.4 Å². The number of rotatable bonds is 3. The van der Waals surface area contributed by atoms with Gasteiger partial charge in [0.05, 0.1) is 17.2 Å². The highest BCUT2D eigenvalue weighted by molar-refractivity contribution is 5.86. The number of benzene rings is 1. The van der Waals surface area contributed by atoms with Crippen LogP contribution in [0.2, 0.25) is 0 Å². The van der Waals surface area contributed by atoms with Crippen molar-refractivity contribution in [2.75, 3.05) is 11.9 Å². The minimum atomic E-state index is -0.617. The van der Waals surface area contributed by atoms with E-state index in [9.17, 15) is 14.9 Å². The van der Waals surface area contributed by atoms with Crippen LogP contribution in [-0.4, -0.2) is 17.6 Å². The molecule has 0 saturated carbocycles. The van der Waals surface area contributed by atoms with Gasteiger partial charge in [0.1, 0.15) is 0 Å². The molecule has 1 aromatic carbocycles. The van der Waals surface area contributed by atoms with Crippen molar-refractivity contribution >= 4 is 17.5 Å². The van der Waals surface area contributed by atoms with Crippen molar-refractivity contribution in [3.63, 3.8) is 0 Å². The van der Waals surface area contributed by atoms with Crippen molar-refractivity contribution in [1.29, 1.82) is 0 Å². The van der Waals surface area contributed by atoms with E-state index >= 15 is 0 Å². The fourth-order valence-corrected chi connectivity index (χ4v) is 1.45. The van der Waals surface area contributed by atoms with Crippen LogP contribution >= 0.6 is 0 Å². The molecule has 1 rings (SSSR count). The average molecular weight is 238 g/mol. The maximum Gasteiger partial charge on any atom is 0.411 e.